The summed E-state index contributed by atoms with van der Waals surface area (Å²) in [6.07, 6.45) is 3.75. The summed E-state index contributed by atoms with van der Waals surface area (Å²) >= 11 is 0. The van der Waals surface area contributed by atoms with Crippen LogP contribution in [0.3, 0.4) is 0 Å². The SMILES string of the molecule is CC(C)NCCCC[C@H](N)C=O. The molecule has 0 rings (SSSR count). The molecule has 0 radical (unpaired) electrons. The monoisotopic (exact) mass is 172 g/mol. The predicted molar refractivity (Wildman–Crippen MR) is 51.0 cm³/mol. The third-order valence-electron chi connectivity index (χ3n) is 1.69. The van der Waals surface area contributed by atoms with Crippen LogP contribution in [0.25, 0.3) is 0 Å². The first-order valence-corrected chi connectivity index (χ1v) is 4.61. The average Bonchev–Trinajstić information content (AvgIpc) is 2.03. The van der Waals surface area contributed by atoms with Gasteiger partial charge in [-0.15, -0.1) is 0 Å². The van der Waals surface area contributed by atoms with Crippen LogP contribution in [0.2, 0.25) is 0 Å². The third kappa shape index (κ3) is 7.69. The van der Waals surface area contributed by atoms with Gasteiger partial charge < -0.3 is 15.8 Å². The lowest BCUT2D eigenvalue weighted by Gasteiger charge is -2.07. The lowest BCUT2D eigenvalue weighted by molar-refractivity contribution is -0.109. The number of aldehydes is 1. The fourth-order valence-corrected chi connectivity index (χ4v) is 0.964. The predicted octanol–water partition coefficient (Wildman–Crippen LogP) is 0.681. The Bertz CT molecular complexity index is 115. The number of hydrogen-bond donors (Lipinski definition) is 2. The van der Waals surface area contributed by atoms with Gasteiger partial charge in [-0.25, -0.2) is 0 Å². The van der Waals surface area contributed by atoms with E-state index >= 15 is 0 Å². The van der Waals surface area contributed by atoms with Crippen molar-refractivity contribution < 1.29 is 4.79 Å². The average molecular weight is 172 g/mol. The first-order valence-electron chi connectivity index (χ1n) is 4.61. The van der Waals surface area contributed by atoms with Crippen molar-refractivity contribution in [2.75, 3.05) is 6.54 Å². The summed E-state index contributed by atoms with van der Waals surface area (Å²) in [6, 6.07) is 0.286. The Balaban J connectivity index is 3.05. The van der Waals surface area contributed by atoms with E-state index in [1.54, 1.807) is 0 Å². The molecule has 1 atom stereocenters. The van der Waals surface area contributed by atoms with Crippen molar-refractivity contribution in [1.29, 1.82) is 0 Å². The van der Waals surface area contributed by atoms with E-state index in [0.29, 0.717) is 6.04 Å². The smallest absolute Gasteiger partial charge is 0.136 e. The molecule has 3 N–H and O–H groups in total. The second-order valence-corrected chi connectivity index (χ2v) is 3.40. The molecule has 3 heteroatoms. The Morgan fingerprint density at radius 2 is 2.08 bits per heavy atom. The first-order chi connectivity index (χ1) is 5.66. The maximum Gasteiger partial charge on any atom is 0.136 e. The molecule has 0 aliphatic heterocycles. The van der Waals surface area contributed by atoms with E-state index in [-0.39, 0.29) is 6.04 Å². The Morgan fingerprint density at radius 1 is 1.42 bits per heavy atom. The zero-order chi connectivity index (χ0) is 9.40. The van der Waals surface area contributed by atoms with Crippen LogP contribution in [0.1, 0.15) is 33.1 Å². The molecule has 0 aromatic carbocycles. The maximum absolute atomic E-state index is 10.1. The second kappa shape index (κ2) is 7.25. The Morgan fingerprint density at radius 3 is 2.58 bits per heavy atom. The zero-order valence-corrected chi connectivity index (χ0v) is 8.05. The molecule has 0 heterocycles. The molecular formula is C9H20N2O. The summed E-state index contributed by atoms with van der Waals surface area (Å²) in [5.41, 5.74) is 5.43. The normalized spacial score (nSPS) is 13.3. The molecule has 0 spiro atoms. The topological polar surface area (TPSA) is 55.1 Å². The Labute approximate surface area is 74.7 Å². The highest BCUT2D eigenvalue weighted by atomic mass is 16.1. The minimum atomic E-state index is -0.260. The highest BCUT2D eigenvalue weighted by Crippen LogP contribution is 1.96. The first kappa shape index (κ1) is 11.6. The molecule has 0 fully saturated rings. The molecule has 72 valence electrons. The zero-order valence-electron chi connectivity index (χ0n) is 8.05. The molecule has 0 aliphatic carbocycles. The molecule has 0 aromatic rings. The summed E-state index contributed by atoms with van der Waals surface area (Å²) in [5, 5.41) is 3.31. The van der Waals surface area contributed by atoms with E-state index in [9.17, 15) is 4.79 Å². The summed E-state index contributed by atoms with van der Waals surface area (Å²) in [4.78, 5) is 10.1. The van der Waals surface area contributed by atoms with E-state index < -0.39 is 0 Å². The van der Waals surface area contributed by atoms with Gasteiger partial charge in [-0.2, -0.15) is 0 Å². The van der Waals surface area contributed by atoms with Crippen LogP contribution in [0, 0.1) is 0 Å². The van der Waals surface area contributed by atoms with Gasteiger partial charge in [0.2, 0.25) is 0 Å². The fraction of sp³-hybridized carbons (Fsp3) is 0.889. The maximum atomic E-state index is 10.1. The van der Waals surface area contributed by atoms with Gasteiger partial charge in [0.05, 0.1) is 6.04 Å². The highest BCUT2D eigenvalue weighted by Gasteiger charge is 1.98. The van der Waals surface area contributed by atoms with E-state index in [4.69, 9.17) is 5.73 Å². The van der Waals surface area contributed by atoms with Gasteiger partial charge in [-0.1, -0.05) is 20.3 Å². The summed E-state index contributed by atoms with van der Waals surface area (Å²) in [6.45, 7) is 5.26. The molecule has 0 saturated heterocycles. The van der Waals surface area contributed by atoms with Crippen LogP contribution in [0.5, 0.6) is 0 Å². The van der Waals surface area contributed by atoms with Crippen molar-refractivity contribution in [2.24, 2.45) is 5.73 Å². The highest BCUT2D eigenvalue weighted by molar-refractivity contribution is 5.56. The van der Waals surface area contributed by atoms with Crippen molar-refractivity contribution in [3.63, 3.8) is 0 Å². The molecule has 0 bridgehead atoms. The molecular weight excluding hydrogens is 152 g/mol. The molecule has 3 nitrogen and oxygen atoms in total. The molecule has 0 aromatic heterocycles. The lowest BCUT2D eigenvalue weighted by atomic mass is 10.1. The number of nitrogens with one attached hydrogen (secondary N) is 1. The van der Waals surface area contributed by atoms with Gasteiger partial charge in [-0.3, -0.25) is 0 Å². The van der Waals surface area contributed by atoms with Crippen LogP contribution >= 0.6 is 0 Å². The number of unbranched alkanes of at least 4 members (excludes halogenated alkanes) is 1. The van der Waals surface area contributed by atoms with Crippen LogP contribution < -0.4 is 11.1 Å². The fourth-order valence-electron chi connectivity index (χ4n) is 0.964. The minimum Gasteiger partial charge on any atom is -0.322 e. The van der Waals surface area contributed by atoms with E-state index in [1.807, 2.05) is 0 Å². The largest absolute Gasteiger partial charge is 0.322 e. The van der Waals surface area contributed by atoms with Gasteiger partial charge in [0.25, 0.3) is 0 Å². The van der Waals surface area contributed by atoms with Gasteiger partial charge in [-0.05, 0) is 19.4 Å². The summed E-state index contributed by atoms with van der Waals surface area (Å²) < 4.78 is 0. The molecule has 0 saturated carbocycles. The molecule has 0 unspecified atom stereocenters. The van der Waals surface area contributed by atoms with Crippen LogP contribution in [-0.4, -0.2) is 24.9 Å². The third-order valence-corrected chi connectivity index (χ3v) is 1.69. The standard InChI is InChI=1S/C9H20N2O/c1-8(2)11-6-4-3-5-9(10)7-12/h7-9,11H,3-6,10H2,1-2H3/t9-/m0/s1. The summed E-state index contributed by atoms with van der Waals surface area (Å²) in [7, 11) is 0. The summed E-state index contributed by atoms with van der Waals surface area (Å²) in [5.74, 6) is 0. The molecule has 0 aliphatic rings. The van der Waals surface area contributed by atoms with Crippen LogP contribution in [-0.2, 0) is 4.79 Å². The van der Waals surface area contributed by atoms with Crippen molar-refractivity contribution >= 4 is 6.29 Å². The van der Waals surface area contributed by atoms with E-state index in [0.717, 1.165) is 32.1 Å². The van der Waals surface area contributed by atoms with Gasteiger partial charge in [0, 0.05) is 6.04 Å². The van der Waals surface area contributed by atoms with Crippen molar-refractivity contribution in [3.05, 3.63) is 0 Å². The van der Waals surface area contributed by atoms with Crippen molar-refractivity contribution in [1.82, 2.24) is 5.32 Å². The van der Waals surface area contributed by atoms with E-state index in [2.05, 4.69) is 19.2 Å². The van der Waals surface area contributed by atoms with Crippen LogP contribution in [0.4, 0.5) is 0 Å². The van der Waals surface area contributed by atoms with Gasteiger partial charge in [0.1, 0.15) is 6.29 Å². The second-order valence-electron chi connectivity index (χ2n) is 3.40. The van der Waals surface area contributed by atoms with Crippen molar-refractivity contribution in [2.45, 2.75) is 45.2 Å². The Kier molecular flexibility index (Phi) is 7.00. The number of nitrogens with two attached hydrogens (primary N) is 1. The number of hydrogen-bond acceptors (Lipinski definition) is 3. The van der Waals surface area contributed by atoms with Gasteiger partial charge in [0.15, 0.2) is 0 Å². The number of carbonyl (C=O) groups is 1. The van der Waals surface area contributed by atoms with Crippen molar-refractivity contribution in [3.8, 4) is 0 Å². The minimum absolute atomic E-state index is 0.260. The number of carbonyl (C=O) groups excluding carboxylic acids is 1. The van der Waals surface area contributed by atoms with E-state index in [1.165, 1.54) is 0 Å². The lowest BCUT2D eigenvalue weighted by Crippen LogP contribution is -2.25. The van der Waals surface area contributed by atoms with Gasteiger partial charge >= 0.3 is 0 Å². The molecule has 12 heavy (non-hydrogen) atoms. The Hall–Kier alpha value is -0.410. The number of rotatable bonds is 7. The quantitative estimate of drug-likeness (QED) is 0.438. The van der Waals surface area contributed by atoms with Crippen LogP contribution in [0.15, 0.2) is 0 Å². The molecule has 0 amide bonds.